The van der Waals surface area contributed by atoms with E-state index in [1.54, 1.807) is 6.07 Å². The molecule has 0 heterocycles. The van der Waals surface area contributed by atoms with Gasteiger partial charge in [0.1, 0.15) is 5.82 Å². The Kier molecular flexibility index (Phi) is 4.29. The van der Waals surface area contributed by atoms with Crippen LogP contribution in [-0.4, -0.2) is 10.7 Å². The summed E-state index contributed by atoms with van der Waals surface area (Å²) in [5, 5.41) is 10.7. The molecule has 1 aromatic carbocycles. The molecule has 1 aromatic rings. The van der Waals surface area contributed by atoms with Gasteiger partial charge in [-0.25, -0.2) is 4.39 Å². The maximum Gasteiger partial charge on any atom is 0.123 e. The maximum atomic E-state index is 13.1. The van der Waals surface area contributed by atoms with Gasteiger partial charge in [-0.05, 0) is 67.7 Å². The van der Waals surface area contributed by atoms with E-state index in [0.717, 1.165) is 42.7 Å². The highest BCUT2D eigenvalue weighted by atomic mass is 19.1. The molecule has 0 unspecified atom stereocenters. The number of hydrogen-bond donors (Lipinski definition) is 1. The van der Waals surface area contributed by atoms with E-state index < -0.39 is 5.60 Å². The third kappa shape index (κ3) is 3.56. The number of hydrogen-bond acceptors (Lipinski definition) is 1. The summed E-state index contributed by atoms with van der Waals surface area (Å²) >= 11 is 0. The van der Waals surface area contributed by atoms with Gasteiger partial charge in [-0.2, -0.15) is 0 Å². The zero-order valence-corrected chi connectivity index (χ0v) is 12.2. The van der Waals surface area contributed by atoms with Crippen LogP contribution < -0.4 is 0 Å². The molecule has 1 aliphatic carbocycles. The molecule has 1 saturated carbocycles. The Bertz CT molecular complexity index is 431. The molecule has 0 aliphatic heterocycles. The molecule has 0 atom stereocenters. The highest BCUT2D eigenvalue weighted by Crippen LogP contribution is 2.37. The molecule has 0 spiro atoms. The molecule has 0 bridgehead atoms. The highest BCUT2D eigenvalue weighted by Gasteiger charge is 2.34. The lowest BCUT2D eigenvalue weighted by atomic mass is 9.72. The van der Waals surface area contributed by atoms with Gasteiger partial charge < -0.3 is 5.11 Å². The van der Waals surface area contributed by atoms with E-state index in [1.165, 1.54) is 6.07 Å². The summed E-state index contributed by atoms with van der Waals surface area (Å²) in [5.41, 5.74) is 1.43. The zero-order valence-electron chi connectivity index (χ0n) is 12.2. The van der Waals surface area contributed by atoms with Gasteiger partial charge in [-0.3, -0.25) is 0 Å². The van der Waals surface area contributed by atoms with Crippen LogP contribution >= 0.6 is 0 Å². The van der Waals surface area contributed by atoms with E-state index in [4.69, 9.17) is 0 Å². The van der Waals surface area contributed by atoms with Crippen LogP contribution in [0.2, 0.25) is 0 Å². The fourth-order valence-corrected chi connectivity index (χ4v) is 3.23. The molecule has 1 nitrogen and oxygen atoms in total. The molecule has 0 saturated heterocycles. The molecular weight excluding hydrogens is 239 g/mol. The van der Waals surface area contributed by atoms with Gasteiger partial charge in [0.25, 0.3) is 0 Å². The number of halogens is 1. The lowest BCUT2D eigenvalue weighted by molar-refractivity contribution is -0.0147. The summed E-state index contributed by atoms with van der Waals surface area (Å²) in [7, 11) is 0. The Hall–Kier alpha value is -0.890. The molecule has 1 N–H and O–H groups in total. The van der Waals surface area contributed by atoms with E-state index >= 15 is 0 Å². The van der Waals surface area contributed by atoms with Crippen molar-refractivity contribution < 1.29 is 9.50 Å². The number of aliphatic hydroxyl groups is 1. The number of aryl methyl sites for hydroxylation is 1. The van der Waals surface area contributed by atoms with Crippen LogP contribution in [0.3, 0.4) is 0 Å². The third-order valence-corrected chi connectivity index (χ3v) is 4.73. The Morgan fingerprint density at radius 2 is 1.95 bits per heavy atom. The number of rotatable bonds is 3. The van der Waals surface area contributed by atoms with E-state index in [-0.39, 0.29) is 5.82 Å². The molecule has 19 heavy (non-hydrogen) atoms. The van der Waals surface area contributed by atoms with Crippen LogP contribution in [0.5, 0.6) is 0 Å². The highest BCUT2D eigenvalue weighted by molar-refractivity contribution is 5.28. The van der Waals surface area contributed by atoms with Crippen molar-refractivity contribution >= 4 is 0 Å². The average Bonchev–Trinajstić information content (AvgIpc) is 2.33. The molecule has 2 heteroatoms. The molecule has 1 fully saturated rings. The summed E-state index contributed by atoms with van der Waals surface area (Å²) in [6.07, 6.45) is 4.60. The fourth-order valence-electron chi connectivity index (χ4n) is 3.23. The van der Waals surface area contributed by atoms with Crippen LogP contribution in [0.15, 0.2) is 18.2 Å². The molecule has 0 radical (unpaired) electrons. The largest absolute Gasteiger partial charge is 0.390 e. The third-order valence-electron chi connectivity index (χ3n) is 4.73. The van der Waals surface area contributed by atoms with Crippen LogP contribution in [0.25, 0.3) is 0 Å². The van der Waals surface area contributed by atoms with Crippen molar-refractivity contribution in [3.63, 3.8) is 0 Å². The molecule has 1 aliphatic rings. The molecular formula is C17H25FO. The lowest BCUT2D eigenvalue weighted by Gasteiger charge is -2.38. The molecule has 0 amide bonds. The second-order valence-electron chi connectivity index (χ2n) is 6.55. The zero-order chi connectivity index (χ0) is 14.0. The van der Waals surface area contributed by atoms with Crippen molar-refractivity contribution in [1.82, 2.24) is 0 Å². The van der Waals surface area contributed by atoms with Crippen molar-refractivity contribution in [2.45, 2.75) is 58.5 Å². The maximum absolute atomic E-state index is 13.1. The second-order valence-corrected chi connectivity index (χ2v) is 6.55. The summed E-state index contributed by atoms with van der Waals surface area (Å²) in [6.45, 7) is 6.44. The van der Waals surface area contributed by atoms with E-state index in [2.05, 4.69) is 13.8 Å². The topological polar surface area (TPSA) is 20.2 Å². The van der Waals surface area contributed by atoms with Crippen LogP contribution in [0.1, 0.15) is 50.7 Å². The number of benzene rings is 1. The van der Waals surface area contributed by atoms with E-state index in [9.17, 15) is 9.50 Å². The van der Waals surface area contributed by atoms with E-state index in [0.29, 0.717) is 12.3 Å². The monoisotopic (exact) mass is 264 g/mol. The van der Waals surface area contributed by atoms with Gasteiger partial charge in [0.05, 0.1) is 5.60 Å². The first-order valence-electron chi connectivity index (χ1n) is 7.37. The van der Waals surface area contributed by atoms with Crippen molar-refractivity contribution in [1.29, 1.82) is 0 Å². The van der Waals surface area contributed by atoms with Crippen molar-refractivity contribution in [2.24, 2.45) is 11.8 Å². The van der Waals surface area contributed by atoms with Crippen LogP contribution in [-0.2, 0) is 6.42 Å². The predicted molar refractivity (Wildman–Crippen MR) is 76.6 cm³/mol. The summed E-state index contributed by atoms with van der Waals surface area (Å²) in [6, 6.07) is 4.86. The minimum atomic E-state index is -0.589. The van der Waals surface area contributed by atoms with Gasteiger partial charge in [0.15, 0.2) is 0 Å². The molecule has 0 aromatic heterocycles. The van der Waals surface area contributed by atoms with Crippen LogP contribution in [0, 0.1) is 24.6 Å². The van der Waals surface area contributed by atoms with Crippen molar-refractivity contribution in [3.8, 4) is 0 Å². The minimum absolute atomic E-state index is 0.197. The second kappa shape index (κ2) is 5.62. The SMILES string of the molecule is Cc1cc(F)ccc1CC1(O)CCC(C(C)C)CC1. The Morgan fingerprint density at radius 1 is 1.32 bits per heavy atom. The summed E-state index contributed by atoms with van der Waals surface area (Å²) in [5.74, 6) is 1.25. The Morgan fingerprint density at radius 3 is 2.47 bits per heavy atom. The standard InChI is InChI=1S/C17H25FO/c1-12(2)14-6-8-17(19,9-7-14)11-15-4-5-16(18)10-13(15)3/h4-5,10,12,14,19H,6-9,11H2,1-3H3. The van der Waals surface area contributed by atoms with Gasteiger partial charge in [-0.1, -0.05) is 19.9 Å². The van der Waals surface area contributed by atoms with Gasteiger partial charge >= 0.3 is 0 Å². The molecule has 2 rings (SSSR count). The Labute approximate surface area is 115 Å². The Balaban J connectivity index is 2.03. The fraction of sp³-hybridized carbons (Fsp3) is 0.647. The van der Waals surface area contributed by atoms with Gasteiger partial charge in [0, 0.05) is 6.42 Å². The van der Waals surface area contributed by atoms with Crippen molar-refractivity contribution in [3.05, 3.63) is 35.1 Å². The summed E-state index contributed by atoms with van der Waals surface area (Å²) in [4.78, 5) is 0. The summed E-state index contributed by atoms with van der Waals surface area (Å²) < 4.78 is 13.1. The first kappa shape index (κ1) is 14.5. The predicted octanol–water partition coefficient (Wildman–Crippen LogP) is 4.25. The average molecular weight is 264 g/mol. The van der Waals surface area contributed by atoms with Gasteiger partial charge in [-0.15, -0.1) is 0 Å². The quantitative estimate of drug-likeness (QED) is 0.865. The smallest absolute Gasteiger partial charge is 0.123 e. The normalized spacial score (nSPS) is 27.8. The van der Waals surface area contributed by atoms with E-state index in [1.807, 2.05) is 13.0 Å². The minimum Gasteiger partial charge on any atom is -0.390 e. The lowest BCUT2D eigenvalue weighted by Crippen LogP contribution is -2.37. The van der Waals surface area contributed by atoms with Crippen molar-refractivity contribution in [2.75, 3.05) is 0 Å². The van der Waals surface area contributed by atoms with Crippen LogP contribution in [0.4, 0.5) is 4.39 Å². The first-order valence-corrected chi connectivity index (χ1v) is 7.37. The first-order chi connectivity index (χ1) is 8.89. The molecule has 106 valence electrons. The van der Waals surface area contributed by atoms with Gasteiger partial charge in [0.2, 0.25) is 0 Å².